The molecule has 2 aromatic heterocycles. The van der Waals surface area contributed by atoms with Crippen LogP contribution in [0.2, 0.25) is 0 Å². The van der Waals surface area contributed by atoms with Crippen LogP contribution in [0.5, 0.6) is 5.88 Å². The van der Waals surface area contributed by atoms with Gasteiger partial charge < -0.3 is 25.1 Å². The predicted octanol–water partition coefficient (Wildman–Crippen LogP) is 3.21. The van der Waals surface area contributed by atoms with Crippen LogP contribution in [-0.2, 0) is 0 Å². The molecule has 0 aliphatic rings. The van der Waals surface area contributed by atoms with Gasteiger partial charge in [-0.15, -0.1) is 0 Å². The SMILES string of the molecule is Cc1ccc(-c2ccc(OCCCN(C)C)nc2)cc1NC(=O)c1coc(N)n1. The van der Waals surface area contributed by atoms with Gasteiger partial charge in [-0.25, -0.2) is 4.98 Å². The van der Waals surface area contributed by atoms with Gasteiger partial charge in [0.2, 0.25) is 5.88 Å². The van der Waals surface area contributed by atoms with Crippen LogP contribution in [-0.4, -0.2) is 48.0 Å². The molecule has 0 spiro atoms. The zero-order valence-corrected chi connectivity index (χ0v) is 16.8. The highest BCUT2D eigenvalue weighted by atomic mass is 16.5. The number of aryl methyl sites for hydroxylation is 1. The number of anilines is 2. The normalized spacial score (nSPS) is 10.9. The molecular formula is C21H25N5O3. The summed E-state index contributed by atoms with van der Waals surface area (Å²) in [7, 11) is 4.07. The molecule has 3 aromatic rings. The van der Waals surface area contributed by atoms with Crippen LogP contribution >= 0.6 is 0 Å². The molecule has 0 fully saturated rings. The summed E-state index contributed by atoms with van der Waals surface area (Å²) in [6.07, 6.45) is 3.93. The number of nitrogens with two attached hydrogens (primary N) is 1. The van der Waals surface area contributed by atoms with Gasteiger partial charge in [-0.05, 0) is 50.7 Å². The minimum absolute atomic E-state index is 0.0456. The lowest BCUT2D eigenvalue weighted by molar-refractivity contribution is 0.102. The number of rotatable bonds is 8. The number of aromatic nitrogens is 2. The van der Waals surface area contributed by atoms with Crippen LogP contribution < -0.4 is 15.8 Å². The van der Waals surface area contributed by atoms with Crippen molar-refractivity contribution in [2.24, 2.45) is 0 Å². The van der Waals surface area contributed by atoms with Gasteiger partial charge in [0.1, 0.15) is 6.26 Å². The third-order valence-corrected chi connectivity index (χ3v) is 4.31. The van der Waals surface area contributed by atoms with E-state index in [1.807, 2.05) is 51.4 Å². The molecule has 0 saturated heterocycles. The Morgan fingerprint density at radius 3 is 2.69 bits per heavy atom. The van der Waals surface area contributed by atoms with Crippen LogP contribution in [0, 0.1) is 6.92 Å². The summed E-state index contributed by atoms with van der Waals surface area (Å²) in [4.78, 5) is 22.6. The van der Waals surface area contributed by atoms with E-state index >= 15 is 0 Å². The maximum atomic E-state index is 12.3. The number of benzene rings is 1. The summed E-state index contributed by atoms with van der Waals surface area (Å²) < 4.78 is 10.6. The first-order chi connectivity index (χ1) is 13.9. The van der Waals surface area contributed by atoms with Crippen molar-refractivity contribution >= 4 is 17.6 Å². The number of amides is 1. The van der Waals surface area contributed by atoms with Crippen LogP contribution in [0.15, 0.2) is 47.2 Å². The van der Waals surface area contributed by atoms with Gasteiger partial charge in [0.15, 0.2) is 5.69 Å². The molecule has 8 nitrogen and oxygen atoms in total. The van der Waals surface area contributed by atoms with Gasteiger partial charge in [0.05, 0.1) is 6.61 Å². The Bertz CT molecular complexity index is 967. The molecule has 1 amide bonds. The molecule has 152 valence electrons. The zero-order chi connectivity index (χ0) is 20.8. The highest BCUT2D eigenvalue weighted by Gasteiger charge is 2.13. The third kappa shape index (κ3) is 5.55. The number of ether oxygens (including phenoxy) is 1. The van der Waals surface area contributed by atoms with Crippen molar-refractivity contribution in [3.8, 4) is 17.0 Å². The first-order valence-electron chi connectivity index (χ1n) is 9.29. The molecule has 0 bridgehead atoms. The molecule has 3 rings (SSSR count). The lowest BCUT2D eigenvalue weighted by atomic mass is 10.0. The lowest BCUT2D eigenvalue weighted by Gasteiger charge is -2.11. The molecule has 0 atom stereocenters. The molecule has 1 aromatic carbocycles. The van der Waals surface area contributed by atoms with Crippen molar-refractivity contribution in [1.82, 2.24) is 14.9 Å². The summed E-state index contributed by atoms with van der Waals surface area (Å²) in [5, 5.41) is 2.84. The van der Waals surface area contributed by atoms with E-state index in [2.05, 4.69) is 20.2 Å². The number of hydrogen-bond donors (Lipinski definition) is 2. The molecule has 0 saturated carbocycles. The molecule has 0 aliphatic carbocycles. The molecule has 0 aliphatic heterocycles. The van der Waals surface area contributed by atoms with Crippen molar-refractivity contribution in [3.63, 3.8) is 0 Å². The second-order valence-electron chi connectivity index (χ2n) is 6.95. The Hall–Kier alpha value is -3.39. The van der Waals surface area contributed by atoms with Gasteiger partial charge in [0.25, 0.3) is 11.9 Å². The maximum absolute atomic E-state index is 12.3. The number of nitrogens with one attached hydrogen (secondary N) is 1. The Labute approximate surface area is 169 Å². The van der Waals surface area contributed by atoms with Gasteiger partial charge in [-0.1, -0.05) is 12.1 Å². The van der Waals surface area contributed by atoms with Crippen LogP contribution in [0.1, 0.15) is 22.5 Å². The van der Waals surface area contributed by atoms with E-state index in [4.69, 9.17) is 14.9 Å². The van der Waals surface area contributed by atoms with Gasteiger partial charge in [-0.3, -0.25) is 4.79 Å². The highest BCUT2D eigenvalue weighted by molar-refractivity contribution is 6.03. The van der Waals surface area contributed by atoms with Crippen molar-refractivity contribution in [2.75, 3.05) is 38.3 Å². The Kier molecular flexibility index (Phi) is 6.46. The van der Waals surface area contributed by atoms with E-state index < -0.39 is 0 Å². The summed E-state index contributed by atoms with van der Waals surface area (Å²) in [6, 6.07) is 9.56. The zero-order valence-electron chi connectivity index (χ0n) is 16.8. The average molecular weight is 395 g/mol. The topological polar surface area (TPSA) is 107 Å². The van der Waals surface area contributed by atoms with E-state index in [1.54, 1.807) is 6.20 Å². The molecule has 29 heavy (non-hydrogen) atoms. The van der Waals surface area contributed by atoms with E-state index in [1.165, 1.54) is 6.26 Å². The summed E-state index contributed by atoms with van der Waals surface area (Å²) in [5.74, 6) is 0.210. The number of pyridine rings is 1. The standard InChI is InChI=1S/C21H25N5O3/c1-14-5-6-15(11-17(14)24-20(27)18-13-29-21(22)25-18)16-7-8-19(23-12-16)28-10-4-9-26(2)3/h5-8,11-13H,4,9-10H2,1-3H3,(H2,22,25)(H,24,27). The first kappa shape index (κ1) is 20.3. The van der Waals surface area contributed by atoms with E-state index in [9.17, 15) is 4.79 Å². The first-order valence-corrected chi connectivity index (χ1v) is 9.29. The van der Waals surface area contributed by atoms with E-state index in [0.717, 1.165) is 29.7 Å². The maximum Gasteiger partial charge on any atom is 0.292 e. The Morgan fingerprint density at radius 1 is 1.24 bits per heavy atom. The second-order valence-corrected chi connectivity index (χ2v) is 6.95. The average Bonchev–Trinajstić information content (AvgIpc) is 3.14. The summed E-state index contributed by atoms with van der Waals surface area (Å²) in [5.41, 5.74) is 9.01. The van der Waals surface area contributed by atoms with Crippen molar-refractivity contribution < 1.29 is 13.9 Å². The number of nitrogens with zero attached hydrogens (tertiary/aromatic N) is 3. The number of carbonyl (C=O) groups is 1. The van der Waals surface area contributed by atoms with Crippen molar-refractivity contribution in [1.29, 1.82) is 0 Å². The molecule has 0 radical (unpaired) electrons. The number of hydrogen-bond acceptors (Lipinski definition) is 7. The van der Waals surface area contributed by atoms with Gasteiger partial charge >= 0.3 is 0 Å². The minimum Gasteiger partial charge on any atom is -0.478 e. The number of oxazole rings is 1. The monoisotopic (exact) mass is 395 g/mol. The fourth-order valence-electron chi connectivity index (χ4n) is 2.71. The van der Waals surface area contributed by atoms with E-state index in [-0.39, 0.29) is 17.6 Å². The second kappa shape index (κ2) is 9.20. The minimum atomic E-state index is -0.384. The molecule has 8 heteroatoms. The Morgan fingerprint density at radius 2 is 2.03 bits per heavy atom. The van der Waals surface area contributed by atoms with Gasteiger partial charge in [0, 0.05) is 30.1 Å². The number of nitrogen functional groups attached to an aromatic ring is 1. The van der Waals surface area contributed by atoms with Crippen LogP contribution in [0.4, 0.5) is 11.7 Å². The predicted molar refractivity (Wildman–Crippen MR) is 112 cm³/mol. The molecular weight excluding hydrogens is 370 g/mol. The summed E-state index contributed by atoms with van der Waals surface area (Å²) in [6.45, 7) is 3.51. The fraction of sp³-hybridized carbons (Fsp3) is 0.286. The van der Waals surface area contributed by atoms with Crippen molar-refractivity contribution in [3.05, 3.63) is 54.0 Å². The Balaban J connectivity index is 1.68. The third-order valence-electron chi connectivity index (χ3n) is 4.31. The van der Waals surface area contributed by atoms with Gasteiger partial charge in [-0.2, -0.15) is 4.98 Å². The smallest absolute Gasteiger partial charge is 0.292 e. The van der Waals surface area contributed by atoms with Crippen LogP contribution in [0.3, 0.4) is 0 Å². The lowest BCUT2D eigenvalue weighted by Crippen LogP contribution is -2.15. The number of carbonyl (C=O) groups excluding carboxylic acids is 1. The summed E-state index contributed by atoms with van der Waals surface area (Å²) >= 11 is 0. The quantitative estimate of drug-likeness (QED) is 0.564. The molecule has 0 unspecified atom stereocenters. The highest BCUT2D eigenvalue weighted by Crippen LogP contribution is 2.26. The molecule has 3 N–H and O–H groups in total. The van der Waals surface area contributed by atoms with Crippen LogP contribution in [0.25, 0.3) is 11.1 Å². The van der Waals surface area contributed by atoms with E-state index in [0.29, 0.717) is 18.2 Å². The van der Waals surface area contributed by atoms with Crippen molar-refractivity contribution in [2.45, 2.75) is 13.3 Å². The fourth-order valence-corrected chi connectivity index (χ4v) is 2.71. The largest absolute Gasteiger partial charge is 0.478 e. The molecule has 2 heterocycles.